The lowest BCUT2D eigenvalue weighted by Gasteiger charge is -2.27. The molecule has 0 atom stereocenters. The largest absolute Gasteiger partial charge is 0.310 e. The lowest BCUT2D eigenvalue weighted by molar-refractivity contribution is 1.28. The zero-order valence-corrected chi connectivity index (χ0v) is 29.3. The second-order valence-corrected chi connectivity index (χ2v) is 13.4. The van der Waals surface area contributed by atoms with E-state index >= 15 is 0 Å². The molecule has 9 aromatic carbocycles. The smallest absolute Gasteiger partial charge is 0.0468 e. The van der Waals surface area contributed by atoms with Crippen LogP contribution in [0.5, 0.6) is 0 Å². The molecule has 0 aliphatic carbocycles. The quantitative estimate of drug-likeness (QED) is 0.155. The van der Waals surface area contributed by atoms with Gasteiger partial charge in [0.15, 0.2) is 0 Å². The van der Waals surface area contributed by atoms with Crippen molar-refractivity contribution in [1.29, 1.82) is 0 Å². The Balaban J connectivity index is 1.14. The molecule has 1 nitrogen and oxygen atoms in total. The van der Waals surface area contributed by atoms with Crippen LogP contribution in [0.3, 0.4) is 0 Å². The van der Waals surface area contributed by atoms with Crippen molar-refractivity contribution < 1.29 is 0 Å². The molecule has 0 bridgehead atoms. The minimum absolute atomic E-state index is 1.10. The summed E-state index contributed by atoms with van der Waals surface area (Å²) < 4.78 is 0. The van der Waals surface area contributed by atoms with Crippen LogP contribution in [0.4, 0.5) is 17.1 Å². The van der Waals surface area contributed by atoms with E-state index in [4.69, 9.17) is 0 Å². The summed E-state index contributed by atoms with van der Waals surface area (Å²) in [6.07, 6.45) is 0. The normalized spacial score (nSPS) is 11.0. The Morgan fingerprint density at radius 1 is 0.208 bits per heavy atom. The Labute approximate surface area is 311 Å². The average molecular weight is 676 g/mol. The van der Waals surface area contributed by atoms with Gasteiger partial charge in [0.25, 0.3) is 0 Å². The highest BCUT2D eigenvalue weighted by molar-refractivity contribution is 5.93. The van der Waals surface area contributed by atoms with Crippen molar-refractivity contribution in [3.63, 3.8) is 0 Å². The summed E-state index contributed by atoms with van der Waals surface area (Å²) in [6, 6.07) is 80.8. The van der Waals surface area contributed by atoms with E-state index in [0.717, 1.165) is 17.1 Å². The average Bonchev–Trinajstić information content (AvgIpc) is 3.25. The van der Waals surface area contributed by atoms with Gasteiger partial charge in [-0.05, 0) is 109 Å². The molecule has 0 aliphatic heterocycles. The van der Waals surface area contributed by atoms with Crippen molar-refractivity contribution >= 4 is 27.8 Å². The van der Waals surface area contributed by atoms with Crippen molar-refractivity contribution in [3.05, 3.63) is 224 Å². The number of hydrogen-bond donors (Lipinski definition) is 0. The third kappa shape index (κ3) is 6.65. The standard InChI is InChI=1S/C52H37N/c1-4-12-38(13-5-1)41-20-22-42(23-21-41)44-28-32-49(33-29-44)53(48-30-26-43(27-31-48)39-14-6-2-7-15-39)50-34-35-51(52(37-50)45-17-8-3-9-18-45)47-25-24-40-16-10-11-19-46(40)36-47/h1-37H. The summed E-state index contributed by atoms with van der Waals surface area (Å²) in [5, 5.41) is 2.48. The van der Waals surface area contributed by atoms with E-state index in [-0.39, 0.29) is 0 Å². The SMILES string of the molecule is c1ccc(-c2ccc(-c3ccc(N(c4ccc(-c5ccccc5)cc4)c4ccc(-c5ccc6ccccc6c5)c(-c5ccccc5)c4)cc3)cc2)cc1. The number of anilines is 3. The van der Waals surface area contributed by atoms with E-state index in [9.17, 15) is 0 Å². The molecular formula is C52H37N. The highest BCUT2D eigenvalue weighted by Gasteiger charge is 2.17. The Morgan fingerprint density at radius 3 is 1.09 bits per heavy atom. The summed E-state index contributed by atoms with van der Waals surface area (Å²) in [7, 11) is 0. The molecule has 0 saturated carbocycles. The van der Waals surface area contributed by atoms with Crippen LogP contribution >= 0.6 is 0 Å². The van der Waals surface area contributed by atoms with Gasteiger partial charge in [0.1, 0.15) is 0 Å². The lowest BCUT2D eigenvalue weighted by Crippen LogP contribution is -2.10. The first-order chi connectivity index (χ1) is 26.3. The molecule has 0 radical (unpaired) electrons. The Morgan fingerprint density at radius 2 is 0.585 bits per heavy atom. The predicted octanol–water partition coefficient (Wildman–Crippen LogP) is 14.6. The van der Waals surface area contributed by atoms with Crippen LogP contribution < -0.4 is 4.90 Å². The number of nitrogens with zero attached hydrogens (tertiary/aromatic N) is 1. The highest BCUT2D eigenvalue weighted by atomic mass is 15.1. The summed E-state index contributed by atoms with van der Waals surface area (Å²) >= 11 is 0. The van der Waals surface area contributed by atoms with Gasteiger partial charge in [-0.1, -0.05) is 182 Å². The fourth-order valence-electron chi connectivity index (χ4n) is 7.31. The van der Waals surface area contributed by atoms with Crippen LogP contribution in [0.2, 0.25) is 0 Å². The fourth-order valence-corrected chi connectivity index (χ4v) is 7.31. The Kier molecular flexibility index (Phi) is 8.66. The maximum absolute atomic E-state index is 2.37. The maximum Gasteiger partial charge on any atom is 0.0468 e. The van der Waals surface area contributed by atoms with Crippen molar-refractivity contribution in [2.75, 3.05) is 4.90 Å². The summed E-state index contributed by atoms with van der Waals surface area (Å²) in [5.41, 5.74) is 15.3. The molecule has 250 valence electrons. The van der Waals surface area contributed by atoms with Gasteiger partial charge >= 0.3 is 0 Å². The van der Waals surface area contributed by atoms with Crippen molar-refractivity contribution in [2.45, 2.75) is 0 Å². The highest BCUT2D eigenvalue weighted by Crippen LogP contribution is 2.42. The first-order valence-electron chi connectivity index (χ1n) is 18.2. The van der Waals surface area contributed by atoms with Crippen LogP contribution in [-0.4, -0.2) is 0 Å². The molecule has 0 N–H and O–H groups in total. The van der Waals surface area contributed by atoms with E-state index in [1.165, 1.54) is 66.4 Å². The molecule has 9 aromatic rings. The molecule has 53 heavy (non-hydrogen) atoms. The van der Waals surface area contributed by atoms with Gasteiger partial charge in [0.2, 0.25) is 0 Å². The summed E-state index contributed by atoms with van der Waals surface area (Å²) in [6.45, 7) is 0. The molecule has 0 heterocycles. The molecule has 1 heteroatoms. The van der Waals surface area contributed by atoms with Crippen molar-refractivity contribution in [2.24, 2.45) is 0 Å². The van der Waals surface area contributed by atoms with Gasteiger partial charge in [0, 0.05) is 17.1 Å². The molecule has 0 amide bonds. The monoisotopic (exact) mass is 675 g/mol. The Hall–Kier alpha value is -6.96. The molecule has 9 rings (SSSR count). The molecule has 0 aromatic heterocycles. The lowest BCUT2D eigenvalue weighted by atomic mass is 9.92. The van der Waals surface area contributed by atoms with Crippen LogP contribution in [-0.2, 0) is 0 Å². The van der Waals surface area contributed by atoms with Gasteiger partial charge < -0.3 is 4.90 Å². The van der Waals surface area contributed by atoms with E-state index < -0.39 is 0 Å². The first kappa shape index (κ1) is 32.0. The van der Waals surface area contributed by atoms with Crippen LogP contribution in [0.1, 0.15) is 0 Å². The van der Waals surface area contributed by atoms with E-state index in [1.807, 2.05) is 0 Å². The molecule has 0 fully saturated rings. The van der Waals surface area contributed by atoms with E-state index in [2.05, 4.69) is 229 Å². The zero-order valence-electron chi connectivity index (χ0n) is 29.3. The zero-order chi connectivity index (χ0) is 35.4. The minimum Gasteiger partial charge on any atom is -0.310 e. The summed E-state index contributed by atoms with van der Waals surface area (Å²) in [4.78, 5) is 2.37. The number of hydrogen-bond acceptors (Lipinski definition) is 1. The van der Waals surface area contributed by atoms with Gasteiger partial charge in [-0.2, -0.15) is 0 Å². The van der Waals surface area contributed by atoms with Crippen molar-refractivity contribution in [1.82, 2.24) is 0 Å². The third-order valence-corrected chi connectivity index (χ3v) is 10.1. The topological polar surface area (TPSA) is 3.24 Å². The fraction of sp³-hybridized carbons (Fsp3) is 0. The van der Waals surface area contributed by atoms with Gasteiger partial charge in [-0.3, -0.25) is 0 Å². The minimum atomic E-state index is 1.10. The molecule has 0 aliphatic rings. The third-order valence-electron chi connectivity index (χ3n) is 10.1. The van der Waals surface area contributed by atoms with Crippen LogP contribution in [0.15, 0.2) is 224 Å². The number of fused-ring (bicyclic) bond motifs is 1. The van der Waals surface area contributed by atoms with Gasteiger partial charge in [0.05, 0.1) is 0 Å². The Bertz CT molecular complexity index is 2610. The van der Waals surface area contributed by atoms with Gasteiger partial charge in [-0.25, -0.2) is 0 Å². The molecule has 0 saturated heterocycles. The molecule has 0 unspecified atom stereocenters. The second-order valence-electron chi connectivity index (χ2n) is 13.4. The van der Waals surface area contributed by atoms with Crippen molar-refractivity contribution in [3.8, 4) is 55.6 Å². The van der Waals surface area contributed by atoms with E-state index in [1.54, 1.807) is 0 Å². The maximum atomic E-state index is 2.37. The predicted molar refractivity (Wildman–Crippen MR) is 226 cm³/mol. The number of rotatable bonds is 8. The second kappa shape index (κ2) is 14.3. The van der Waals surface area contributed by atoms with Crippen LogP contribution in [0.25, 0.3) is 66.4 Å². The number of benzene rings is 9. The molecule has 0 spiro atoms. The van der Waals surface area contributed by atoms with Crippen LogP contribution in [0, 0.1) is 0 Å². The van der Waals surface area contributed by atoms with Gasteiger partial charge in [-0.15, -0.1) is 0 Å². The summed E-state index contributed by atoms with van der Waals surface area (Å²) in [5.74, 6) is 0. The first-order valence-corrected chi connectivity index (χ1v) is 18.2. The molecular weight excluding hydrogens is 639 g/mol. The van der Waals surface area contributed by atoms with E-state index in [0.29, 0.717) is 0 Å².